The Morgan fingerprint density at radius 2 is 0.980 bits per heavy atom. The minimum Gasteiger partial charge on any atom is -0.456 e. The molecule has 234 valence electrons. The number of anilines is 3. The van der Waals surface area contributed by atoms with Crippen molar-refractivity contribution < 1.29 is 4.42 Å². The van der Waals surface area contributed by atoms with Crippen molar-refractivity contribution in [3.05, 3.63) is 188 Å². The number of fused-ring (bicyclic) bond motifs is 7. The van der Waals surface area contributed by atoms with E-state index in [-0.39, 0.29) is 0 Å². The van der Waals surface area contributed by atoms with Crippen LogP contribution in [0.3, 0.4) is 0 Å². The highest BCUT2D eigenvalue weighted by Gasteiger charge is 2.20. The van der Waals surface area contributed by atoms with Crippen molar-refractivity contribution in [3.63, 3.8) is 0 Å². The van der Waals surface area contributed by atoms with E-state index in [0.717, 1.165) is 39.0 Å². The molecule has 0 atom stereocenters. The van der Waals surface area contributed by atoms with Gasteiger partial charge in [0.05, 0.1) is 11.1 Å². The molecule has 0 radical (unpaired) electrons. The van der Waals surface area contributed by atoms with Gasteiger partial charge in [0.1, 0.15) is 11.2 Å². The normalized spacial score (nSPS) is 11.6. The van der Waals surface area contributed by atoms with E-state index in [1.165, 1.54) is 54.6 Å². The molecule has 0 saturated heterocycles. The number of furan rings is 1. The zero-order valence-corrected chi connectivity index (χ0v) is 27.3. The molecule has 2 heteroatoms. The van der Waals surface area contributed by atoms with Gasteiger partial charge >= 0.3 is 0 Å². The topological polar surface area (TPSA) is 16.4 Å². The predicted molar refractivity (Wildman–Crippen MR) is 212 cm³/mol. The van der Waals surface area contributed by atoms with Crippen LogP contribution in [0.2, 0.25) is 0 Å². The minimum absolute atomic E-state index is 0.873. The number of para-hydroxylation sites is 1. The standard InChI is InChI=1S/C48H31NO/c1-3-17-38-32(12-1)14-10-22-39(38)33-26-28-36(29-27-33)49(45-23-11-25-47-48(45)43-21-7-8-24-46(43)50-47)37-16-9-15-34(30-37)44-31-35-13-2-4-18-40(35)41-19-5-6-20-42(41)44/h1-31H. The van der Waals surface area contributed by atoms with Crippen molar-refractivity contribution >= 4 is 71.3 Å². The molecule has 0 fully saturated rings. The summed E-state index contributed by atoms with van der Waals surface area (Å²) in [5.74, 6) is 0. The fourth-order valence-corrected chi connectivity index (χ4v) is 7.74. The van der Waals surface area contributed by atoms with Gasteiger partial charge in [0, 0.05) is 16.8 Å². The van der Waals surface area contributed by atoms with E-state index >= 15 is 0 Å². The van der Waals surface area contributed by atoms with E-state index in [2.05, 4.69) is 181 Å². The molecule has 9 aromatic carbocycles. The van der Waals surface area contributed by atoms with Gasteiger partial charge in [-0.3, -0.25) is 0 Å². The average molecular weight is 638 g/mol. The first-order valence-corrected chi connectivity index (χ1v) is 17.1. The van der Waals surface area contributed by atoms with Gasteiger partial charge in [0.2, 0.25) is 0 Å². The van der Waals surface area contributed by atoms with E-state index in [1.54, 1.807) is 0 Å². The third-order valence-electron chi connectivity index (χ3n) is 10.0. The highest BCUT2D eigenvalue weighted by atomic mass is 16.3. The lowest BCUT2D eigenvalue weighted by Crippen LogP contribution is -2.10. The highest BCUT2D eigenvalue weighted by molar-refractivity contribution is 6.15. The second kappa shape index (κ2) is 11.5. The highest BCUT2D eigenvalue weighted by Crippen LogP contribution is 2.45. The number of benzene rings is 9. The van der Waals surface area contributed by atoms with E-state index < -0.39 is 0 Å². The smallest absolute Gasteiger partial charge is 0.137 e. The maximum absolute atomic E-state index is 6.39. The molecule has 0 N–H and O–H groups in total. The molecule has 1 aromatic heterocycles. The van der Waals surface area contributed by atoms with Crippen molar-refractivity contribution in [2.24, 2.45) is 0 Å². The first kappa shape index (κ1) is 28.4. The molecular formula is C48H31NO. The Bertz CT molecular complexity index is 2870. The van der Waals surface area contributed by atoms with Gasteiger partial charge in [-0.1, -0.05) is 140 Å². The lowest BCUT2D eigenvalue weighted by Gasteiger charge is -2.27. The molecule has 0 amide bonds. The Hall–Kier alpha value is -6.64. The Balaban J connectivity index is 1.19. The first-order valence-electron chi connectivity index (χ1n) is 17.1. The largest absolute Gasteiger partial charge is 0.456 e. The molecule has 0 aliphatic carbocycles. The van der Waals surface area contributed by atoms with Crippen molar-refractivity contribution in [2.75, 3.05) is 4.90 Å². The zero-order chi connectivity index (χ0) is 33.0. The molecule has 0 unspecified atom stereocenters. The van der Waals surface area contributed by atoms with E-state index in [1.807, 2.05) is 12.1 Å². The molecule has 1 heterocycles. The Labute approximate surface area is 290 Å². The third kappa shape index (κ3) is 4.57. The van der Waals surface area contributed by atoms with Crippen LogP contribution < -0.4 is 4.90 Å². The number of hydrogen-bond acceptors (Lipinski definition) is 2. The Morgan fingerprint density at radius 3 is 1.84 bits per heavy atom. The molecule has 50 heavy (non-hydrogen) atoms. The molecule has 0 aliphatic rings. The molecular weight excluding hydrogens is 607 g/mol. The second-order valence-corrected chi connectivity index (χ2v) is 12.9. The van der Waals surface area contributed by atoms with Crippen molar-refractivity contribution in [3.8, 4) is 22.3 Å². The van der Waals surface area contributed by atoms with Gasteiger partial charge in [0.25, 0.3) is 0 Å². The summed E-state index contributed by atoms with van der Waals surface area (Å²) in [5, 5.41) is 9.72. The summed E-state index contributed by atoms with van der Waals surface area (Å²) in [5.41, 5.74) is 9.80. The number of nitrogens with zero attached hydrogens (tertiary/aromatic N) is 1. The zero-order valence-electron chi connectivity index (χ0n) is 27.3. The molecule has 0 spiro atoms. The SMILES string of the molecule is c1cc(-c2cc3ccccc3c3ccccc23)cc(N(c2ccc(-c3cccc4ccccc34)cc2)c2cccc3oc4ccccc4c23)c1. The minimum atomic E-state index is 0.873. The quantitative estimate of drug-likeness (QED) is 0.175. The van der Waals surface area contributed by atoms with Crippen molar-refractivity contribution in [1.82, 2.24) is 0 Å². The van der Waals surface area contributed by atoms with E-state index in [4.69, 9.17) is 4.42 Å². The molecule has 0 saturated carbocycles. The summed E-state index contributed by atoms with van der Waals surface area (Å²) in [6.07, 6.45) is 0. The van der Waals surface area contributed by atoms with Crippen LogP contribution >= 0.6 is 0 Å². The van der Waals surface area contributed by atoms with Crippen LogP contribution in [0.15, 0.2) is 192 Å². The molecule has 0 aliphatic heterocycles. The number of hydrogen-bond donors (Lipinski definition) is 0. The molecule has 0 bridgehead atoms. The first-order chi connectivity index (χ1) is 24.8. The van der Waals surface area contributed by atoms with Gasteiger partial charge in [-0.2, -0.15) is 0 Å². The van der Waals surface area contributed by atoms with Crippen molar-refractivity contribution in [1.29, 1.82) is 0 Å². The Kier molecular flexibility index (Phi) is 6.53. The maximum atomic E-state index is 6.39. The monoisotopic (exact) mass is 637 g/mol. The summed E-state index contributed by atoms with van der Waals surface area (Å²) in [6, 6.07) is 67.5. The third-order valence-corrected chi connectivity index (χ3v) is 10.0. The van der Waals surface area contributed by atoms with Crippen LogP contribution in [0.4, 0.5) is 17.1 Å². The van der Waals surface area contributed by atoms with Gasteiger partial charge < -0.3 is 9.32 Å². The molecule has 2 nitrogen and oxygen atoms in total. The summed E-state index contributed by atoms with van der Waals surface area (Å²) >= 11 is 0. The van der Waals surface area contributed by atoms with Crippen LogP contribution in [0, 0.1) is 0 Å². The summed E-state index contributed by atoms with van der Waals surface area (Å²) in [4.78, 5) is 2.38. The maximum Gasteiger partial charge on any atom is 0.137 e. The summed E-state index contributed by atoms with van der Waals surface area (Å²) in [6.45, 7) is 0. The van der Waals surface area contributed by atoms with Crippen molar-refractivity contribution in [2.45, 2.75) is 0 Å². The predicted octanol–water partition coefficient (Wildman–Crippen LogP) is 13.8. The van der Waals surface area contributed by atoms with Crippen LogP contribution in [0.1, 0.15) is 0 Å². The van der Waals surface area contributed by atoms with Crippen LogP contribution in [0.5, 0.6) is 0 Å². The van der Waals surface area contributed by atoms with Gasteiger partial charge in [-0.25, -0.2) is 0 Å². The molecule has 10 rings (SSSR count). The summed E-state index contributed by atoms with van der Waals surface area (Å²) < 4.78 is 6.39. The van der Waals surface area contributed by atoms with Crippen LogP contribution in [-0.2, 0) is 0 Å². The van der Waals surface area contributed by atoms with Gasteiger partial charge in [-0.05, 0) is 103 Å². The number of rotatable bonds is 5. The fourth-order valence-electron chi connectivity index (χ4n) is 7.74. The molecule has 10 aromatic rings. The van der Waals surface area contributed by atoms with Gasteiger partial charge in [0.15, 0.2) is 0 Å². The lowest BCUT2D eigenvalue weighted by atomic mass is 9.93. The van der Waals surface area contributed by atoms with Crippen LogP contribution in [0.25, 0.3) is 76.5 Å². The van der Waals surface area contributed by atoms with Gasteiger partial charge in [-0.15, -0.1) is 0 Å². The van der Waals surface area contributed by atoms with E-state index in [9.17, 15) is 0 Å². The van der Waals surface area contributed by atoms with E-state index in [0.29, 0.717) is 0 Å². The summed E-state index contributed by atoms with van der Waals surface area (Å²) in [7, 11) is 0. The lowest BCUT2D eigenvalue weighted by molar-refractivity contribution is 0.669. The Morgan fingerprint density at radius 1 is 0.340 bits per heavy atom. The van der Waals surface area contributed by atoms with Crippen LogP contribution in [-0.4, -0.2) is 0 Å². The fraction of sp³-hybridized carbons (Fsp3) is 0. The second-order valence-electron chi connectivity index (χ2n) is 12.9. The average Bonchev–Trinajstić information content (AvgIpc) is 3.57.